The minimum Gasteiger partial charge on any atom is -0.454 e. The van der Waals surface area contributed by atoms with Gasteiger partial charge in [0.25, 0.3) is 0 Å². The normalized spacial score (nSPS) is 12.3. The van der Waals surface area contributed by atoms with Crippen molar-refractivity contribution in [3.63, 3.8) is 0 Å². The van der Waals surface area contributed by atoms with Gasteiger partial charge >= 0.3 is 0 Å². The number of H-pyrrole nitrogens is 1. The zero-order chi connectivity index (χ0) is 19.8. The van der Waals surface area contributed by atoms with Crippen molar-refractivity contribution in [2.45, 2.75) is 20.4 Å². The summed E-state index contributed by atoms with van der Waals surface area (Å²) in [4.78, 5) is 9.18. The number of anilines is 3. The molecule has 4 aromatic rings. The monoisotopic (exact) mass is 388 g/mol. The van der Waals surface area contributed by atoms with Crippen LogP contribution in [0.1, 0.15) is 16.7 Å². The number of aromatic amines is 1. The van der Waals surface area contributed by atoms with Gasteiger partial charge in [-0.05, 0) is 54.8 Å². The number of hydrogen-bond acceptors (Lipinski definition) is 7. The Bertz CT molecular complexity index is 1200. The summed E-state index contributed by atoms with van der Waals surface area (Å²) < 4.78 is 10.8. The van der Waals surface area contributed by atoms with Crippen LogP contribution in [0.15, 0.2) is 42.6 Å². The lowest BCUT2D eigenvalue weighted by molar-refractivity contribution is 0.174. The predicted octanol–water partition coefficient (Wildman–Crippen LogP) is 4.05. The molecule has 0 atom stereocenters. The second kappa shape index (κ2) is 6.97. The number of nitrogens with zero attached hydrogens (tertiary/aromatic N) is 3. The lowest BCUT2D eigenvalue weighted by Gasteiger charge is -2.11. The van der Waals surface area contributed by atoms with Crippen LogP contribution in [-0.4, -0.2) is 27.0 Å². The number of nitrogens with one attached hydrogen (secondary N) is 3. The van der Waals surface area contributed by atoms with Gasteiger partial charge in [-0.3, -0.25) is 5.10 Å². The molecule has 8 heteroatoms. The van der Waals surface area contributed by atoms with E-state index in [1.807, 2.05) is 24.3 Å². The van der Waals surface area contributed by atoms with Crippen LogP contribution < -0.4 is 20.1 Å². The molecule has 3 N–H and O–H groups in total. The quantitative estimate of drug-likeness (QED) is 0.474. The van der Waals surface area contributed by atoms with E-state index in [4.69, 9.17) is 9.47 Å². The van der Waals surface area contributed by atoms with Crippen molar-refractivity contribution in [3.8, 4) is 11.5 Å². The van der Waals surface area contributed by atoms with Gasteiger partial charge < -0.3 is 20.1 Å². The summed E-state index contributed by atoms with van der Waals surface area (Å²) in [7, 11) is 0. The van der Waals surface area contributed by atoms with Gasteiger partial charge in [-0.15, -0.1) is 0 Å². The highest BCUT2D eigenvalue weighted by Gasteiger charge is 2.14. The van der Waals surface area contributed by atoms with Crippen LogP contribution in [0, 0.1) is 13.8 Å². The summed E-state index contributed by atoms with van der Waals surface area (Å²) in [6.07, 6.45) is 1.72. The molecule has 0 spiro atoms. The Morgan fingerprint density at radius 2 is 1.90 bits per heavy atom. The van der Waals surface area contributed by atoms with Crippen LogP contribution in [0.4, 0.5) is 17.5 Å². The summed E-state index contributed by atoms with van der Waals surface area (Å²) in [5.41, 5.74) is 5.15. The van der Waals surface area contributed by atoms with Crippen molar-refractivity contribution in [1.29, 1.82) is 0 Å². The highest BCUT2D eigenvalue weighted by molar-refractivity contribution is 5.89. The number of ether oxygens (including phenoxy) is 2. The molecule has 0 aliphatic carbocycles. The summed E-state index contributed by atoms with van der Waals surface area (Å²) >= 11 is 0. The minimum absolute atomic E-state index is 0.263. The van der Waals surface area contributed by atoms with Gasteiger partial charge in [0.15, 0.2) is 17.1 Å². The molecule has 2 aromatic carbocycles. The Hall–Kier alpha value is -3.81. The fourth-order valence-electron chi connectivity index (χ4n) is 3.20. The standard InChI is InChI=1S/C21H20N6O2/c1-12-3-5-15(7-13(12)2)24-19-16-10-23-27-20(16)26-21(25-19)22-9-14-4-6-17-18(8-14)29-11-28-17/h3-8,10H,9,11H2,1-2H3,(H3,22,23,24,25,26,27). The zero-order valence-corrected chi connectivity index (χ0v) is 16.1. The first-order chi connectivity index (χ1) is 14.2. The minimum atomic E-state index is 0.263. The molecule has 29 heavy (non-hydrogen) atoms. The third-order valence-electron chi connectivity index (χ3n) is 4.97. The van der Waals surface area contributed by atoms with Crippen molar-refractivity contribution in [2.24, 2.45) is 0 Å². The Labute approximate surface area is 167 Å². The van der Waals surface area contributed by atoms with Gasteiger partial charge in [-0.2, -0.15) is 15.1 Å². The van der Waals surface area contributed by atoms with Crippen LogP contribution >= 0.6 is 0 Å². The maximum atomic E-state index is 5.44. The van der Waals surface area contributed by atoms with Crippen LogP contribution in [0.2, 0.25) is 0 Å². The molecule has 3 heterocycles. The lowest BCUT2D eigenvalue weighted by Crippen LogP contribution is -2.06. The molecule has 8 nitrogen and oxygen atoms in total. The van der Waals surface area contributed by atoms with Gasteiger partial charge in [0, 0.05) is 12.2 Å². The molecule has 0 radical (unpaired) electrons. The Morgan fingerprint density at radius 3 is 2.79 bits per heavy atom. The molecule has 0 amide bonds. The second-order valence-corrected chi connectivity index (χ2v) is 6.99. The molecule has 5 rings (SSSR count). The topological polar surface area (TPSA) is 97.0 Å². The second-order valence-electron chi connectivity index (χ2n) is 6.99. The number of rotatable bonds is 5. The third kappa shape index (κ3) is 3.40. The number of aryl methyl sites for hydroxylation is 2. The average molecular weight is 388 g/mol. The van der Waals surface area contributed by atoms with E-state index in [0.29, 0.717) is 24.0 Å². The number of benzene rings is 2. The van der Waals surface area contributed by atoms with Crippen LogP contribution in [0.5, 0.6) is 11.5 Å². The first-order valence-electron chi connectivity index (χ1n) is 9.33. The molecular formula is C21H20N6O2. The zero-order valence-electron chi connectivity index (χ0n) is 16.1. The molecule has 0 saturated heterocycles. The maximum Gasteiger partial charge on any atom is 0.231 e. The van der Waals surface area contributed by atoms with E-state index >= 15 is 0 Å². The summed E-state index contributed by atoms with van der Waals surface area (Å²) in [5.74, 6) is 2.72. The van der Waals surface area contributed by atoms with Crippen molar-refractivity contribution < 1.29 is 9.47 Å². The van der Waals surface area contributed by atoms with Gasteiger partial charge in [-0.25, -0.2) is 0 Å². The highest BCUT2D eigenvalue weighted by Crippen LogP contribution is 2.32. The molecule has 1 aliphatic heterocycles. The smallest absolute Gasteiger partial charge is 0.231 e. The van der Waals surface area contributed by atoms with Crippen LogP contribution in [0.3, 0.4) is 0 Å². The molecule has 1 aliphatic rings. The predicted molar refractivity (Wildman–Crippen MR) is 111 cm³/mol. The van der Waals surface area contributed by atoms with Crippen molar-refractivity contribution in [3.05, 3.63) is 59.3 Å². The molecule has 2 aromatic heterocycles. The fraction of sp³-hybridized carbons (Fsp3) is 0.190. The molecule has 0 bridgehead atoms. The van der Waals surface area contributed by atoms with E-state index in [-0.39, 0.29) is 6.79 Å². The van der Waals surface area contributed by atoms with Gasteiger partial charge in [0.2, 0.25) is 12.7 Å². The molecule has 0 unspecified atom stereocenters. The molecule has 146 valence electrons. The average Bonchev–Trinajstić information content (AvgIpc) is 3.38. The third-order valence-corrected chi connectivity index (χ3v) is 4.97. The van der Waals surface area contributed by atoms with E-state index in [9.17, 15) is 0 Å². The van der Waals surface area contributed by atoms with E-state index in [1.54, 1.807) is 6.20 Å². The van der Waals surface area contributed by atoms with Gasteiger partial charge in [0.05, 0.1) is 11.6 Å². The number of aromatic nitrogens is 4. The van der Waals surface area contributed by atoms with Gasteiger partial charge in [0.1, 0.15) is 5.82 Å². The van der Waals surface area contributed by atoms with Crippen molar-refractivity contribution in [1.82, 2.24) is 20.2 Å². The van der Waals surface area contributed by atoms with E-state index in [1.165, 1.54) is 11.1 Å². The Morgan fingerprint density at radius 1 is 1.00 bits per heavy atom. The first kappa shape index (κ1) is 17.3. The fourth-order valence-corrected chi connectivity index (χ4v) is 3.20. The number of fused-ring (bicyclic) bond motifs is 2. The summed E-state index contributed by atoms with van der Waals surface area (Å²) in [5, 5.41) is 14.5. The lowest BCUT2D eigenvalue weighted by atomic mass is 10.1. The van der Waals surface area contributed by atoms with Gasteiger partial charge in [-0.1, -0.05) is 12.1 Å². The van der Waals surface area contributed by atoms with Crippen LogP contribution in [-0.2, 0) is 6.54 Å². The Balaban J connectivity index is 1.40. The van der Waals surface area contributed by atoms with E-state index in [2.05, 4.69) is 56.8 Å². The Kier molecular flexibility index (Phi) is 4.16. The van der Waals surface area contributed by atoms with E-state index in [0.717, 1.165) is 28.1 Å². The first-order valence-corrected chi connectivity index (χ1v) is 9.33. The largest absolute Gasteiger partial charge is 0.454 e. The van der Waals surface area contributed by atoms with E-state index < -0.39 is 0 Å². The summed E-state index contributed by atoms with van der Waals surface area (Å²) in [6.45, 7) is 5.00. The molecular weight excluding hydrogens is 368 g/mol. The number of hydrogen-bond donors (Lipinski definition) is 3. The summed E-state index contributed by atoms with van der Waals surface area (Å²) in [6, 6.07) is 12.1. The van der Waals surface area contributed by atoms with Crippen molar-refractivity contribution >= 4 is 28.5 Å². The SMILES string of the molecule is Cc1ccc(Nc2nc(NCc3ccc4c(c3)OCO4)nc3[nH]ncc23)cc1C. The maximum absolute atomic E-state index is 5.44. The highest BCUT2D eigenvalue weighted by atomic mass is 16.7. The molecule has 0 fully saturated rings. The van der Waals surface area contributed by atoms with Crippen molar-refractivity contribution in [2.75, 3.05) is 17.4 Å². The molecule has 0 saturated carbocycles. The van der Waals surface area contributed by atoms with Crippen LogP contribution in [0.25, 0.3) is 11.0 Å².